The Labute approximate surface area is 181 Å². The summed E-state index contributed by atoms with van der Waals surface area (Å²) in [5.41, 5.74) is 1.15. The molecular weight excluding hydrogens is 407 g/mol. The molecule has 0 saturated carbocycles. The summed E-state index contributed by atoms with van der Waals surface area (Å²) in [4.78, 5) is 6.70. The van der Waals surface area contributed by atoms with Gasteiger partial charge in [-0.3, -0.25) is 0 Å². The minimum absolute atomic E-state index is 0.0914. The highest BCUT2D eigenvalue weighted by Crippen LogP contribution is 2.21. The largest absolute Gasteiger partial charge is 0.389 e. The molecular formula is C21H32F3N7. The first-order valence-corrected chi connectivity index (χ1v) is 10.5. The van der Waals surface area contributed by atoms with Gasteiger partial charge in [0, 0.05) is 45.8 Å². The molecule has 7 nitrogen and oxygen atoms in total. The van der Waals surface area contributed by atoms with Crippen molar-refractivity contribution in [2.45, 2.75) is 45.3 Å². The smallest absolute Gasteiger partial charge is 0.375 e. The average molecular weight is 440 g/mol. The zero-order valence-electron chi connectivity index (χ0n) is 18.4. The summed E-state index contributed by atoms with van der Waals surface area (Å²) in [7, 11) is 3.91. The number of nitrogens with one attached hydrogen (secondary N) is 2. The molecule has 1 aromatic carbocycles. The van der Waals surface area contributed by atoms with Crippen LogP contribution < -0.4 is 15.5 Å². The Morgan fingerprint density at radius 1 is 1.06 bits per heavy atom. The van der Waals surface area contributed by atoms with E-state index in [0.29, 0.717) is 32.0 Å². The number of nitrogens with zero attached hydrogens (tertiary/aromatic N) is 5. The Bertz CT molecular complexity index is 803. The van der Waals surface area contributed by atoms with Gasteiger partial charge >= 0.3 is 6.18 Å². The van der Waals surface area contributed by atoms with E-state index in [2.05, 4.69) is 42.9 Å². The zero-order chi connectivity index (χ0) is 22.7. The normalized spacial score (nSPS) is 12.1. The number of hydrogen-bond donors (Lipinski definition) is 2. The van der Waals surface area contributed by atoms with E-state index in [-0.39, 0.29) is 6.42 Å². The summed E-state index contributed by atoms with van der Waals surface area (Å²) < 4.78 is 38.8. The minimum atomic E-state index is -4.11. The number of aliphatic imine (C=N–C) groups is 1. The topological polar surface area (TPSA) is 70.4 Å². The van der Waals surface area contributed by atoms with Gasteiger partial charge in [-0.15, -0.1) is 10.2 Å². The van der Waals surface area contributed by atoms with Gasteiger partial charge in [0.15, 0.2) is 11.8 Å². The number of anilines is 1. The van der Waals surface area contributed by atoms with Gasteiger partial charge in [-0.2, -0.15) is 13.2 Å². The second-order valence-corrected chi connectivity index (χ2v) is 7.42. The van der Waals surface area contributed by atoms with Crippen LogP contribution in [0.15, 0.2) is 35.3 Å². The van der Waals surface area contributed by atoms with Crippen molar-refractivity contribution in [1.29, 1.82) is 0 Å². The predicted octanol–water partition coefficient (Wildman–Crippen LogP) is 3.42. The first-order chi connectivity index (χ1) is 14.8. The van der Waals surface area contributed by atoms with Crippen LogP contribution in [0.5, 0.6) is 0 Å². The summed E-state index contributed by atoms with van der Waals surface area (Å²) >= 11 is 0. The van der Waals surface area contributed by atoms with Gasteiger partial charge in [-0.25, -0.2) is 4.99 Å². The van der Waals surface area contributed by atoms with E-state index < -0.39 is 12.6 Å². The number of halogens is 3. The Morgan fingerprint density at radius 2 is 1.74 bits per heavy atom. The summed E-state index contributed by atoms with van der Waals surface area (Å²) in [5.74, 6) is 2.08. The maximum absolute atomic E-state index is 12.3. The van der Waals surface area contributed by atoms with Gasteiger partial charge in [0.05, 0.1) is 0 Å². The van der Waals surface area contributed by atoms with Gasteiger partial charge < -0.3 is 20.1 Å². The van der Waals surface area contributed by atoms with Crippen LogP contribution in [-0.4, -0.2) is 53.6 Å². The first kappa shape index (κ1) is 24.5. The van der Waals surface area contributed by atoms with Crippen molar-refractivity contribution in [3.05, 3.63) is 42.0 Å². The monoisotopic (exact) mass is 439 g/mol. The number of para-hydroxylation sites is 1. The van der Waals surface area contributed by atoms with Crippen LogP contribution in [0.3, 0.4) is 0 Å². The third-order valence-electron chi connectivity index (χ3n) is 4.90. The molecule has 31 heavy (non-hydrogen) atoms. The Balaban J connectivity index is 1.82. The Kier molecular flexibility index (Phi) is 9.61. The summed E-state index contributed by atoms with van der Waals surface area (Å²) in [6, 6.07) is 10.1. The minimum Gasteiger partial charge on any atom is -0.375 e. The number of unbranched alkanes of at least 4 members (excludes halogenated alkanes) is 1. The van der Waals surface area contributed by atoms with Crippen LogP contribution in [0.25, 0.3) is 0 Å². The quantitative estimate of drug-likeness (QED) is 0.319. The van der Waals surface area contributed by atoms with Crippen molar-refractivity contribution in [3.8, 4) is 0 Å². The van der Waals surface area contributed by atoms with E-state index in [9.17, 15) is 13.2 Å². The molecule has 0 bridgehead atoms. The number of aromatic nitrogens is 3. The Morgan fingerprint density at radius 3 is 2.35 bits per heavy atom. The first-order valence-electron chi connectivity index (χ1n) is 10.5. The fourth-order valence-electron chi connectivity index (χ4n) is 2.90. The lowest BCUT2D eigenvalue weighted by Crippen LogP contribution is -2.39. The van der Waals surface area contributed by atoms with Crippen molar-refractivity contribution in [2.75, 3.05) is 31.6 Å². The fraction of sp³-hybridized carbons (Fsp3) is 0.571. The van der Waals surface area contributed by atoms with Gasteiger partial charge in [0.1, 0.15) is 12.4 Å². The van der Waals surface area contributed by atoms with E-state index in [4.69, 9.17) is 0 Å². The van der Waals surface area contributed by atoms with Gasteiger partial charge in [0.2, 0.25) is 0 Å². The summed E-state index contributed by atoms with van der Waals surface area (Å²) in [5, 5.41) is 14.5. The molecule has 2 aromatic rings. The number of aryl methyl sites for hydroxylation is 1. The van der Waals surface area contributed by atoms with E-state index in [1.807, 2.05) is 43.8 Å². The standard InChI is InChI=1S/C21H32F3N7/c1-17-28-29-19(31(17)3)16-27-20(25-13-8-7-12-21(22,23)24)26-14-9-15-30(2)18-10-5-4-6-11-18/h4-6,10-11H,7-9,12-16H2,1-3H3,(H2,25,26,27). The molecule has 0 atom stereocenters. The summed E-state index contributed by atoms with van der Waals surface area (Å²) in [6.45, 7) is 4.16. The van der Waals surface area contributed by atoms with Crippen LogP contribution in [0.4, 0.5) is 18.9 Å². The Hall–Kier alpha value is -2.78. The number of hydrogen-bond acceptors (Lipinski definition) is 4. The molecule has 10 heteroatoms. The highest BCUT2D eigenvalue weighted by atomic mass is 19.4. The van der Waals surface area contributed by atoms with Gasteiger partial charge in [0.25, 0.3) is 0 Å². The molecule has 0 fully saturated rings. The number of guanidine groups is 1. The van der Waals surface area contributed by atoms with Crippen LogP contribution in [0.1, 0.15) is 37.3 Å². The molecule has 1 heterocycles. The van der Waals surface area contributed by atoms with Crippen molar-refractivity contribution >= 4 is 11.6 Å². The number of alkyl halides is 3. The SMILES string of the molecule is Cc1nnc(CN=C(NCCCCC(F)(F)F)NCCCN(C)c2ccccc2)n1C. The molecule has 2 N–H and O–H groups in total. The van der Waals surface area contributed by atoms with E-state index in [1.54, 1.807) is 0 Å². The molecule has 0 aliphatic rings. The van der Waals surface area contributed by atoms with Gasteiger partial charge in [-0.05, 0) is 38.3 Å². The second-order valence-electron chi connectivity index (χ2n) is 7.42. The van der Waals surface area contributed by atoms with Crippen molar-refractivity contribution in [1.82, 2.24) is 25.4 Å². The van der Waals surface area contributed by atoms with Crippen LogP contribution in [0.2, 0.25) is 0 Å². The number of rotatable bonds is 11. The molecule has 0 saturated heterocycles. The molecule has 0 aliphatic carbocycles. The highest BCUT2D eigenvalue weighted by molar-refractivity contribution is 5.79. The fourth-order valence-corrected chi connectivity index (χ4v) is 2.90. The summed E-state index contributed by atoms with van der Waals surface area (Å²) in [6.07, 6.45) is -3.49. The van der Waals surface area contributed by atoms with Crippen LogP contribution >= 0.6 is 0 Å². The molecule has 1 aromatic heterocycles. The predicted molar refractivity (Wildman–Crippen MR) is 117 cm³/mol. The lowest BCUT2D eigenvalue weighted by molar-refractivity contribution is -0.135. The molecule has 0 aliphatic heterocycles. The highest BCUT2D eigenvalue weighted by Gasteiger charge is 2.25. The van der Waals surface area contributed by atoms with Crippen LogP contribution in [-0.2, 0) is 13.6 Å². The third-order valence-corrected chi connectivity index (χ3v) is 4.90. The maximum atomic E-state index is 12.3. The van der Waals surface area contributed by atoms with E-state index in [1.165, 1.54) is 0 Å². The molecule has 0 unspecified atom stereocenters. The van der Waals surface area contributed by atoms with Crippen molar-refractivity contribution in [3.63, 3.8) is 0 Å². The third kappa shape index (κ3) is 9.27. The van der Waals surface area contributed by atoms with Gasteiger partial charge in [-0.1, -0.05) is 18.2 Å². The van der Waals surface area contributed by atoms with E-state index in [0.717, 1.165) is 30.3 Å². The molecule has 0 amide bonds. The number of benzene rings is 1. The molecule has 2 rings (SSSR count). The molecule has 172 valence electrons. The lowest BCUT2D eigenvalue weighted by atomic mass is 10.2. The second kappa shape index (κ2) is 12.2. The zero-order valence-corrected chi connectivity index (χ0v) is 18.4. The van der Waals surface area contributed by atoms with E-state index >= 15 is 0 Å². The van der Waals surface area contributed by atoms with Crippen molar-refractivity contribution < 1.29 is 13.2 Å². The maximum Gasteiger partial charge on any atom is 0.389 e. The molecule has 0 spiro atoms. The molecule has 0 radical (unpaired) electrons. The lowest BCUT2D eigenvalue weighted by Gasteiger charge is -2.19. The average Bonchev–Trinajstić information content (AvgIpc) is 3.06. The van der Waals surface area contributed by atoms with Crippen LogP contribution in [0, 0.1) is 6.92 Å². The van der Waals surface area contributed by atoms with Crippen molar-refractivity contribution in [2.24, 2.45) is 12.0 Å².